The van der Waals surface area contributed by atoms with Crippen molar-refractivity contribution in [2.75, 3.05) is 25.4 Å². The summed E-state index contributed by atoms with van der Waals surface area (Å²) in [5, 5.41) is 4.08. The first-order valence-corrected chi connectivity index (χ1v) is 11.2. The Morgan fingerprint density at radius 1 is 1.27 bits per heavy atom. The molecule has 2 aromatic heterocycles. The van der Waals surface area contributed by atoms with E-state index in [9.17, 15) is 8.78 Å². The van der Waals surface area contributed by atoms with Crippen LogP contribution in [0.15, 0.2) is 12.4 Å². The lowest BCUT2D eigenvalue weighted by molar-refractivity contribution is 0.106. The summed E-state index contributed by atoms with van der Waals surface area (Å²) in [6.45, 7) is 8.00. The van der Waals surface area contributed by atoms with E-state index in [2.05, 4.69) is 33.8 Å². The van der Waals surface area contributed by atoms with Crippen LogP contribution in [0.4, 0.5) is 19.0 Å². The molecule has 0 atom stereocenters. The van der Waals surface area contributed by atoms with Crippen molar-refractivity contribution in [1.29, 1.82) is 0 Å². The third-order valence-corrected chi connectivity index (χ3v) is 6.28. The number of likely N-dealkylation sites (tertiary alicyclic amines) is 1. The lowest BCUT2D eigenvalue weighted by Gasteiger charge is -2.43. The Kier molecular flexibility index (Phi) is 6.67. The maximum absolute atomic E-state index is 15.1. The van der Waals surface area contributed by atoms with Crippen LogP contribution in [-0.2, 0) is 13.0 Å². The molecule has 4 rings (SSSR count). The van der Waals surface area contributed by atoms with Crippen LogP contribution in [0.3, 0.4) is 0 Å². The summed E-state index contributed by atoms with van der Waals surface area (Å²) in [4.78, 5) is 10.1. The molecular formula is C22H26ClF3N6O. The molecular weight excluding hydrogens is 457 g/mol. The summed E-state index contributed by atoms with van der Waals surface area (Å²) in [7, 11) is 0. The lowest BCUT2D eigenvalue weighted by atomic mass is 9.87. The molecule has 2 N–H and O–H groups in total. The van der Waals surface area contributed by atoms with E-state index in [4.69, 9.17) is 22.1 Å². The Morgan fingerprint density at radius 2 is 2.00 bits per heavy atom. The molecule has 0 bridgehead atoms. The molecule has 0 spiro atoms. The normalized spacial score (nSPS) is 15.1. The Morgan fingerprint density at radius 3 is 2.64 bits per heavy atom. The number of anilines is 1. The fraction of sp³-hybridized carbons (Fsp3) is 0.500. The predicted octanol–water partition coefficient (Wildman–Crippen LogP) is 4.59. The van der Waals surface area contributed by atoms with E-state index in [0.717, 1.165) is 0 Å². The Bertz CT molecular complexity index is 1160. The molecule has 0 aliphatic carbocycles. The van der Waals surface area contributed by atoms with Crippen LogP contribution >= 0.6 is 11.6 Å². The third-order valence-electron chi connectivity index (χ3n) is 6.01. The SMILES string of the molecule is CCOc1c(CCn2nc(C(F)F)c3c(N)ncnc32)cc(Cl)c(F)c1C1CN(C(C)C)C1. The van der Waals surface area contributed by atoms with Gasteiger partial charge in [0.25, 0.3) is 6.43 Å². The number of aromatic nitrogens is 4. The van der Waals surface area contributed by atoms with Gasteiger partial charge in [-0.25, -0.2) is 27.8 Å². The molecule has 7 nitrogen and oxygen atoms in total. The van der Waals surface area contributed by atoms with Crippen LogP contribution in [0.5, 0.6) is 5.75 Å². The highest BCUT2D eigenvalue weighted by atomic mass is 35.5. The number of benzene rings is 1. The number of aryl methyl sites for hydroxylation is 2. The zero-order chi connectivity index (χ0) is 23.9. The number of hydrogen-bond acceptors (Lipinski definition) is 6. The van der Waals surface area contributed by atoms with Gasteiger partial charge in [-0.15, -0.1) is 0 Å². The number of nitrogens with zero attached hydrogens (tertiary/aromatic N) is 5. The minimum absolute atomic E-state index is 0.0108. The zero-order valence-corrected chi connectivity index (χ0v) is 19.4. The second-order valence-electron chi connectivity index (χ2n) is 8.37. The minimum atomic E-state index is -2.82. The molecule has 0 saturated carbocycles. The van der Waals surface area contributed by atoms with Gasteiger partial charge in [-0.3, -0.25) is 4.90 Å². The maximum Gasteiger partial charge on any atom is 0.282 e. The summed E-state index contributed by atoms with van der Waals surface area (Å²) in [5.41, 5.74) is 6.72. The summed E-state index contributed by atoms with van der Waals surface area (Å²) >= 11 is 6.26. The largest absolute Gasteiger partial charge is 0.493 e. The second kappa shape index (κ2) is 9.34. The van der Waals surface area contributed by atoms with Crippen molar-refractivity contribution in [3.8, 4) is 5.75 Å². The highest BCUT2D eigenvalue weighted by Crippen LogP contribution is 2.41. The average Bonchev–Trinajstić information content (AvgIpc) is 3.10. The van der Waals surface area contributed by atoms with E-state index in [1.54, 1.807) is 0 Å². The molecule has 0 radical (unpaired) electrons. The summed E-state index contributed by atoms with van der Waals surface area (Å²) in [5.74, 6) is -0.0897. The molecule has 11 heteroatoms. The number of ether oxygens (including phenoxy) is 1. The van der Waals surface area contributed by atoms with E-state index < -0.39 is 17.9 Å². The van der Waals surface area contributed by atoms with Crippen molar-refractivity contribution in [2.24, 2.45) is 0 Å². The molecule has 1 fully saturated rings. The van der Waals surface area contributed by atoms with Crippen LogP contribution in [0, 0.1) is 5.82 Å². The Labute approximate surface area is 194 Å². The van der Waals surface area contributed by atoms with E-state index in [1.807, 2.05) is 6.92 Å². The van der Waals surface area contributed by atoms with Gasteiger partial charge in [0.05, 0.1) is 17.0 Å². The fourth-order valence-corrected chi connectivity index (χ4v) is 4.49. The first-order valence-electron chi connectivity index (χ1n) is 10.9. The van der Waals surface area contributed by atoms with E-state index >= 15 is 4.39 Å². The zero-order valence-electron chi connectivity index (χ0n) is 18.7. The van der Waals surface area contributed by atoms with Crippen LogP contribution < -0.4 is 10.5 Å². The number of hydrogen-bond donors (Lipinski definition) is 1. The predicted molar refractivity (Wildman–Crippen MR) is 120 cm³/mol. The molecule has 1 saturated heterocycles. The summed E-state index contributed by atoms with van der Waals surface area (Å²) in [6.07, 6.45) is -1.29. The molecule has 33 heavy (non-hydrogen) atoms. The first kappa shape index (κ1) is 23.6. The molecule has 3 aromatic rings. The smallest absolute Gasteiger partial charge is 0.282 e. The number of nitrogen functional groups attached to an aromatic ring is 1. The lowest BCUT2D eigenvalue weighted by Crippen LogP contribution is -2.49. The van der Waals surface area contributed by atoms with Crippen molar-refractivity contribution in [1.82, 2.24) is 24.6 Å². The van der Waals surface area contributed by atoms with Gasteiger partial charge >= 0.3 is 0 Å². The molecule has 1 aliphatic heterocycles. The van der Waals surface area contributed by atoms with Crippen LogP contribution in [0.25, 0.3) is 11.0 Å². The monoisotopic (exact) mass is 482 g/mol. The highest BCUT2D eigenvalue weighted by Gasteiger charge is 2.35. The van der Waals surface area contributed by atoms with Gasteiger partial charge in [-0.2, -0.15) is 5.10 Å². The van der Waals surface area contributed by atoms with Gasteiger partial charge in [0.2, 0.25) is 0 Å². The van der Waals surface area contributed by atoms with Gasteiger partial charge in [-0.05, 0) is 38.8 Å². The first-order chi connectivity index (χ1) is 15.7. The number of fused-ring (bicyclic) bond motifs is 1. The van der Waals surface area contributed by atoms with Crippen molar-refractivity contribution in [2.45, 2.75) is 52.1 Å². The average molecular weight is 483 g/mol. The van der Waals surface area contributed by atoms with Crippen molar-refractivity contribution < 1.29 is 17.9 Å². The third kappa shape index (κ3) is 4.33. The van der Waals surface area contributed by atoms with Gasteiger partial charge in [0.1, 0.15) is 29.4 Å². The number of halogens is 4. The van der Waals surface area contributed by atoms with E-state index in [0.29, 0.717) is 49.0 Å². The highest BCUT2D eigenvalue weighted by molar-refractivity contribution is 6.31. The number of nitrogens with two attached hydrogens (primary N) is 1. The van der Waals surface area contributed by atoms with E-state index in [1.165, 1.54) is 17.1 Å². The van der Waals surface area contributed by atoms with Crippen molar-refractivity contribution in [3.05, 3.63) is 40.1 Å². The quantitative estimate of drug-likeness (QED) is 0.506. The second-order valence-corrected chi connectivity index (χ2v) is 8.78. The van der Waals surface area contributed by atoms with Crippen LogP contribution in [-0.4, -0.2) is 50.4 Å². The van der Waals surface area contributed by atoms with E-state index in [-0.39, 0.29) is 34.3 Å². The maximum atomic E-state index is 15.1. The fourth-order valence-electron chi connectivity index (χ4n) is 4.26. The number of rotatable bonds is 8. The molecule has 1 aromatic carbocycles. The summed E-state index contributed by atoms with van der Waals surface area (Å²) in [6, 6.07) is 1.90. The van der Waals surface area contributed by atoms with Gasteiger partial charge < -0.3 is 10.5 Å². The van der Waals surface area contributed by atoms with Crippen LogP contribution in [0.1, 0.15) is 49.9 Å². The van der Waals surface area contributed by atoms with Crippen molar-refractivity contribution in [3.63, 3.8) is 0 Å². The molecule has 0 unspecified atom stereocenters. The molecule has 0 amide bonds. The minimum Gasteiger partial charge on any atom is -0.493 e. The van der Waals surface area contributed by atoms with Crippen LogP contribution in [0.2, 0.25) is 5.02 Å². The Hall–Kier alpha value is -2.59. The van der Waals surface area contributed by atoms with Gasteiger partial charge in [0, 0.05) is 37.2 Å². The molecule has 178 valence electrons. The number of alkyl halides is 2. The summed E-state index contributed by atoms with van der Waals surface area (Å²) < 4.78 is 49.4. The standard InChI is InChI=1S/C22H26ClF3N6O/c1-4-33-19-12(7-14(23)17(24)15(19)13-8-31(9-13)11(2)3)5-6-32-22-16(18(30-32)20(25)26)21(27)28-10-29-22/h7,10-11,13,20H,4-6,8-9H2,1-3H3,(H2,27,28,29). The molecule has 3 heterocycles. The van der Waals surface area contributed by atoms with Crippen molar-refractivity contribution >= 4 is 28.5 Å². The van der Waals surface area contributed by atoms with Gasteiger partial charge in [0.15, 0.2) is 5.65 Å². The molecule has 1 aliphatic rings. The topological polar surface area (TPSA) is 82.1 Å². The van der Waals surface area contributed by atoms with Gasteiger partial charge in [-0.1, -0.05) is 11.6 Å². The Balaban J connectivity index is 1.69.